The molecule has 104 valence electrons. The summed E-state index contributed by atoms with van der Waals surface area (Å²) in [6.45, 7) is 0.950. The molecule has 0 saturated heterocycles. The third-order valence-electron chi connectivity index (χ3n) is 5.42. The van der Waals surface area contributed by atoms with Gasteiger partial charge in [-0.3, -0.25) is 4.90 Å². The summed E-state index contributed by atoms with van der Waals surface area (Å²) in [4.78, 5) is 2.43. The summed E-state index contributed by atoms with van der Waals surface area (Å²) in [5.74, 6) is 0. The van der Waals surface area contributed by atoms with Crippen LogP contribution in [0.4, 0.5) is 0 Å². The van der Waals surface area contributed by atoms with Gasteiger partial charge in [-0.2, -0.15) is 0 Å². The van der Waals surface area contributed by atoms with E-state index in [0.717, 1.165) is 38.6 Å². The lowest BCUT2D eigenvalue weighted by molar-refractivity contribution is -0.0897. The summed E-state index contributed by atoms with van der Waals surface area (Å²) < 4.78 is 0. The van der Waals surface area contributed by atoms with Crippen LogP contribution in [0.5, 0.6) is 0 Å². The molecule has 4 rings (SSSR count). The molecule has 3 aliphatic rings. The maximum Gasteiger partial charge on any atom is 0.0737 e. The molecule has 1 aromatic carbocycles. The van der Waals surface area contributed by atoms with Crippen LogP contribution < -0.4 is 5.73 Å². The minimum Gasteiger partial charge on any atom is -0.391 e. The van der Waals surface area contributed by atoms with E-state index in [1.165, 1.54) is 5.56 Å². The Labute approximate surface area is 115 Å². The lowest BCUT2D eigenvalue weighted by Crippen LogP contribution is -2.67. The lowest BCUT2D eigenvalue weighted by Gasteiger charge is -2.58. The molecule has 0 aliphatic heterocycles. The Hall–Kier alpha value is -0.900. The van der Waals surface area contributed by atoms with Crippen molar-refractivity contribution >= 4 is 0 Å². The molecule has 1 aromatic rings. The fraction of sp³-hybridized carbons (Fsp3) is 0.625. The van der Waals surface area contributed by atoms with Crippen LogP contribution in [0.1, 0.15) is 37.7 Å². The first kappa shape index (κ1) is 13.1. The largest absolute Gasteiger partial charge is 0.391 e. The number of hydrogen-bond acceptors (Lipinski definition) is 3. The second-order valence-corrected chi connectivity index (χ2v) is 6.52. The summed E-state index contributed by atoms with van der Waals surface area (Å²) in [5, 5.41) is 10.3. The highest BCUT2D eigenvalue weighted by atomic mass is 16.3. The fourth-order valence-corrected chi connectivity index (χ4v) is 3.84. The molecule has 3 fully saturated rings. The average Bonchev–Trinajstić information content (AvgIpc) is 2.42. The highest BCUT2D eigenvalue weighted by molar-refractivity contribution is 5.17. The maximum absolute atomic E-state index is 10.3. The summed E-state index contributed by atoms with van der Waals surface area (Å²) in [5.41, 5.74) is 7.46. The first-order chi connectivity index (χ1) is 9.04. The lowest BCUT2D eigenvalue weighted by atomic mass is 9.60. The van der Waals surface area contributed by atoms with Gasteiger partial charge in [0.25, 0.3) is 0 Å². The molecule has 3 N–H and O–H groups in total. The summed E-state index contributed by atoms with van der Waals surface area (Å²) in [6.07, 6.45) is 4.62. The van der Waals surface area contributed by atoms with Crippen molar-refractivity contribution in [2.24, 2.45) is 5.73 Å². The third-order valence-corrected chi connectivity index (χ3v) is 5.42. The highest BCUT2D eigenvalue weighted by Crippen LogP contribution is 2.48. The fourth-order valence-electron chi connectivity index (χ4n) is 3.84. The van der Waals surface area contributed by atoms with E-state index in [-0.39, 0.29) is 17.2 Å². The molecule has 0 radical (unpaired) electrons. The van der Waals surface area contributed by atoms with E-state index >= 15 is 0 Å². The van der Waals surface area contributed by atoms with Gasteiger partial charge in [0.15, 0.2) is 0 Å². The number of nitrogens with two attached hydrogens (primary N) is 1. The normalized spacial score (nSPS) is 37.8. The van der Waals surface area contributed by atoms with E-state index in [4.69, 9.17) is 5.73 Å². The molecule has 3 heteroatoms. The van der Waals surface area contributed by atoms with Gasteiger partial charge >= 0.3 is 0 Å². The topological polar surface area (TPSA) is 49.5 Å². The summed E-state index contributed by atoms with van der Waals surface area (Å²) in [7, 11) is 2.19. The number of aliphatic hydroxyl groups excluding tert-OH is 1. The molecule has 0 aromatic heterocycles. The molecule has 1 atom stereocenters. The molecule has 1 unspecified atom stereocenters. The van der Waals surface area contributed by atoms with Crippen LogP contribution in [0, 0.1) is 0 Å². The van der Waals surface area contributed by atoms with E-state index in [1.54, 1.807) is 0 Å². The van der Waals surface area contributed by atoms with Gasteiger partial charge < -0.3 is 10.8 Å². The molecule has 2 bridgehead atoms. The van der Waals surface area contributed by atoms with Crippen molar-refractivity contribution in [3.05, 3.63) is 35.9 Å². The van der Waals surface area contributed by atoms with Gasteiger partial charge in [-0.05, 0) is 44.7 Å². The minimum absolute atomic E-state index is 0.149. The zero-order chi connectivity index (χ0) is 13.5. The second kappa shape index (κ2) is 4.58. The quantitative estimate of drug-likeness (QED) is 0.872. The molecule has 19 heavy (non-hydrogen) atoms. The summed E-state index contributed by atoms with van der Waals surface area (Å²) in [6, 6.07) is 10.6. The predicted octanol–water partition coefficient (Wildman–Crippen LogP) is 1.89. The second-order valence-electron chi connectivity index (χ2n) is 6.52. The summed E-state index contributed by atoms with van der Waals surface area (Å²) >= 11 is 0. The Bertz CT molecular complexity index is 437. The minimum atomic E-state index is -0.340. The van der Waals surface area contributed by atoms with Gasteiger partial charge in [0.05, 0.1) is 6.10 Å². The number of nitrogens with zero attached hydrogens (tertiary/aromatic N) is 1. The molecular weight excluding hydrogens is 236 g/mol. The zero-order valence-electron chi connectivity index (χ0n) is 11.7. The van der Waals surface area contributed by atoms with Crippen molar-refractivity contribution in [1.82, 2.24) is 4.90 Å². The van der Waals surface area contributed by atoms with Crippen molar-refractivity contribution < 1.29 is 5.11 Å². The van der Waals surface area contributed by atoms with E-state index in [1.807, 2.05) is 0 Å². The molecular formula is C16H24N2O. The van der Waals surface area contributed by atoms with Gasteiger partial charge in [0.1, 0.15) is 0 Å². The zero-order valence-corrected chi connectivity index (χ0v) is 11.7. The van der Waals surface area contributed by atoms with Crippen molar-refractivity contribution in [2.45, 2.75) is 55.8 Å². The Morgan fingerprint density at radius 2 is 1.84 bits per heavy atom. The molecule has 0 spiro atoms. The van der Waals surface area contributed by atoms with E-state index in [2.05, 4.69) is 42.3 Å². The van der Waals surface area contributed by atoms with Gasteiger partial charge in [-0.1, -0.05) is 30.3 Å². The van der Waals surface area contributed by atoms with E-state index in [0.29, 0.717) is 0 Å². The molecule has 3 nitrogen and oxygen atoms in total. The maximum atomic E-state index is 10.3. The van der Waals surface area contributed by atoms with Crippen LogP contribution in [0.3, 0.4) is 0 Å². The van der Waals surface area contributed by atoms with Crippen LogP contribution in [0.25, 0.3) is 0 Å². The number of hydrogen-bond donors (Lipinski definition) is 2. The monoisotopic (exact) mass is 260 g/mol. The number of rotatable bonds is 3. The molecule has 3 aliphatic carbocycles. The van der Waals surface area contributed by atoms with Crippen LogP contribution in [-0.4, -0.2) is 34.2 Å². The molecule has 0 heterocycles. The van der Waals surface area contributed by atoms with Gasteiger partial charge in [-0.25, -0.2) is 0 Å². The van der Waals surface area contributed by atoms with Gasteiger partial charge in [0.2, 0.25) is 0 Å². The Balaban J connectivity index is 1.75. The standard InChI is InChI=1S/C16H24N2O/c1-18(12-13-5-3-2-4-6-13)15-7-9-16(17,10-8-15)14(19)11-15/h2-6,14,19H,7-12,17H2,1H3. The first-order valence-corrected chi connectivity index (χ1v) is 7.26. The van der Waals surface area contributed by atoms with Crippen LogP contribution in [-0.2, 0) is 6.54 Å². The molecule has 3 saturated carbocycles. The first-order valence-electron chi connectivity index (χ1n) is 7.26. The third kappa shape index (κ3) is 2.20. The van der Waals surface area contributed by atoms with Crippen molar-refractivity contribution in [3.63, 3.8) is 0 Å². The van der Waals surface area contributed by atoms with Crippen LogP contribution >= 0.6 is 0 Å². The predicted molar refractivity (Wildman–Crippen MR) is 76.7 cm³/mol. The smallest absolute Gasteiger partial charge is 0.0737 e. The SMILES string of the molecule is CN(Cc1ccccc1)C12CCC(N)(CC1)C(O)C2. The Morgan fingerprint density at radius 1 is 1.21 bits per heavy atom. The van der Waals surface area contributed by atoms with Crippen molar-refractivity contribution in [2.75, 3.05) is 7.05 Å². The average molecular weight is 260 g/mol. The van der Waals surface area contributed by atoms with E-state index < -0.39 is 0 Å². The van der Waals surface area contributed by atoms with Crippen LogP contribution in [0.2, 0.25) is 0 Å². The van der Waals surface area contributed by atoms with Crippen LogP contribution in [0.15, 0.2) is 30.3 Å². The Morgan fingerprint density at radius 3 is 2.42 bits per heavy atom. The van der Waals surface area contributed by atoms with Crippen molar-refractivity contribution in [3.8, 4) is 0 Å². The molecule has 0 amide bonds. The Kier molecular flexibility index (Phi) is 3.16. The number of aliphatic hydroxyl groups is 1. The van der Waals surface area contributed by atoms with Gasteiger partial charge in [0, 0.05) is 17.6 Å². The number of benzene rings is 1. The highest BCUT2D eigenvalue weighted by Gasteiger charge is 2.53. The van der Waals surface area contributed by atoms with Gasteiger partial charge in [-0.15, -0.1) is 0 Å². The van der Waals surface area contributed by atoms with E-state index in [9.17, 15) is 5.11 Å². The van der Waals surface area contributed by atoms with Crippen molar-refractivity contribution in [1.29, 1.82) is 0 Å². The number of fused-ring (bicyclic) bond motifs is 3.